The second kappa shape index (κ2) is 4.07. The maximum atomic E-state index is 13.3. The Labute approximate surface area is 102 Å². The van der Waals surface area contributed by atoms with Gasteiger partial charge in [0.2, 0.25) is 0 Å². The number of alkyl halides is 3. The summed E-state index contributed by atoms with van der Waals surface area (Å²) in [6, 6.07) is 3.48. The molecule has 6 heteroatoms. The summed E-state index contributed by atoms with van der Waals surface area (Å²) in [7, 11) is 0. The molecule has 1 aromatic carbocycles. The summed E-state index contributed by atoms with van der Waals surface area (Å²) in [5, 5.41) is 9.57. The van der Waals surface area contributed by atoms with Crippen molar-refractivity contribution in [3.63, 3.8) is 0 Å². The lowest BCUT2D eigenvalue weighted by atomic mass is 9.96. The summed E-state index contributed by atoms with van der Waals surface area (Å²) in [6.45, 7) is 0.840. The van der Waals surface area contributed by atoms with Crippen LogP contribution in [0.1, 0.15) is 12.5 Å². The van der Waals surface area contributed by atoms with Crippen molar-refractivity contribution in [2.75, 3.05) is 0 Å². The van der Waals surface area contributed by atoms with Gasteiger partial charge in [0.25, 0.3) is 0 Å². The molecule has 0 spiro atoms. The number of benzene rings is 1. The molecule has 15 heavy (non-hydrogen) atoms. The molecule has 0 radical (unpaired) electrons. The maximum absolute atomic E-state index is 13.3. The van der Waals surface area contributed by atoms with Crippen LogP contribution in [0, 0.1) is 5.82 Å². The predicted molar refractivity (Wildman–Crippen MR) is 57.5 cm³/mol. The zero-order chi connectivity index (χ0) is 11.9. The van der Waals surface area contributed by atoms with Crippen molar-refractivity contribution in [2.45, 2.75) is 17.4 Å². The van der Waals surface area contributed by atoms with Crippen LogP contribution in [0.5, 0.6) is 0 Å². The van der Waals surface area contributed by atoms with E-state index in [1.165, 1.54) is 6.07 Å². The molecule has 0 saturated carbocycles. The molecular formula is C9H7Br2F3O. The van der Waals surface area contributed by atoms with Crippen molar-refractivity contribution in [3.8, 4) is 0 Å². The molecular weight excluding hydrogens is 341 g/mol. The van der Waals surface area contributed by atoms with E-state index in [4.69, 9.17) is 0 Å². The van der Waals surface area contributed by atoms with Gasteiger partial charge >= 0.3 is 4.83 Å². The first-order chi connectivity index (χ1) is 6.66. The first kappa shape index (κ1) is 13.0. The van der Waals surface area contributed by atoms with Gasteiger partial charge in [0, 0.05) is 10.0 Å². The van der Waals surface area contributed by atoms with Gasteiger partial charge in [0.15, 0.2) is 5.60 Å². The molecule has 0 aromatic heterocycles. The van der Waals surface area contributed by atoms with Crippen molar-refractivity contribution < 1.29 is 18.3 Å². The van der Waals surface area contributed by atoms with E-state index in [1.54, 1.807) is 0 Å². The second-order valence-corrected chi connectivity index (χ2v) is 5.11. The van der Waals surface area contributed by atoms with Crippen LogP contribution in [0.2, 0.25) is 0 Å². The van der Waals surface area contributed by atoms with E-state index in [1.807, 2.05) is 15.9 Å². The molecule has 0 amide bonds. The third-order valence-corrected chi connectivity index (χ3v) is 3.27. The summed E-state index contributed by atoms with van der Waals surface area (Å²) in [5.74, 6) is -0.887. The number of hydrogen-bond donors (Lipinski definition) is 1. The SMILES string of the molecule is CC(O)(c1cc(Br)ccc1F)C(F)(F)Br. The lowest BCUT2D eigenvalue weighted by Crippen LogP contribution is -2.38. The molecule has 0 heterocycles. The van der Waals surface area contributed by atoms with Crippen LogP contribution >= 0.6 is 31.9 Å². The van der Waals surface area contributed by atoms with Crippen LogP contribution in [0.15, 0.2) is 22.7 Å². The molecule has 0 aliphatic rings. The first-order valence-corrected chi connectivity index (χ1v) is 5.49. The Morgan fingerprint density at radius 2 is 1.87 bits per heavy atom. The molecule has 0 aliphatic carbocycles. The predicted octanol–water partition coefficient (Wildman–Crippen LogP) is 3.78. The van der Waals surface area contributed by atoms with Crippen LogP contribution in [0.25, 0.3) is 0 Å². The van der Waals surface area contributed by atoms with Crippen molar-refractivity contribution in [1.29, 1.82) is 0 Å². The largest absolute Gasteiger partial charge is 0.378 e. The summed E-state index contributed by atoms with van der Waals surface area (Å²) < 4.78 is 39.6. The fourth-order valence-electron chi connectivity index (χ4n) is 1.02. The summed E-state index contributed by atoms with van der Waals surface area (Å²) in [5.41, 5.74) is -3.08. The van der Waals surface area contributed by atoms with Crippen LogP contribution in [-0.4, -0.2) is 9.94 Å². The zero-order valence-electron chi connectivity index (χ0n) is 7.57. The summed E-state index contributed by atoms with van der Waals surface area (Å²) in [4.78, 5) is -3.61. The van der Waals surface area contributed by atoms with Crippen LogP contribution in [-0.2, 0) is 5.60 Å². The molecule has 0 aliphatic heterocycles. The molecule has 1 nitrogen and oxygen atoms in total. The Hall–Kier alpha value is -0.0700. The fourth-order valence-corrected chi connectivity index (χ4v) is 1.60. The van der Waals surface area contributed by atoms with E-state index in [0.717, 1.165) is 19.1 Å². The van der Waals surface area contributed by atoms with Gasteiger partial charge in [-0.05, 0) is 41.1 Å². The molecule has 0 fully saturated rings. The summed E-state index contributed by atoms with van der Waals surface area (Å²) in [6.07, 6.45) is 0. The quantitative estimate of drug-likeness (QED) is 0.807. The molecule has 1 unspecified atom stereocenters. The Morgan fingerprint density at radius 3 is 2.33 bits per heavy atom. The van der Waals surface area contributed by atoms with E-state index in [-0.39, 0.29) is 0 Å². The number of rotatable bonds is 2. The highest BCUT2D eigenvalue weighted by Gasteiger charge is 2.49. The monoisotopic (exact) mass is 346 g/mol. The second-order valence-electron chi connectivity index (χ2n) is 3.19. The highest BCUT2D eigenvalue weighted by Crippen LogP contribution is 2.43. The highest BCUT2D eigenvalue weighted by molar-refractivity contribution is 9.10. The molecule has 1 aromatic rings. The van der Waals surface area contributed by atoms with E-state index in [2.05, 4.69) is 15.9 Å². The third-order valence-electron chi connectivity index (χ3n) is 2.00. The highest BCUT2D eigenvalue weighted by atomic mass is 79.9. The molecule has 1 rings (SSSR count). The molecule has 1 N–H and O–H groups in total. The van der Waals surface area contributed by atoms with E-state index in [9.17, 15) is 18.3 Å². The fraction of sp³-hybridized carbons (Fsp3) is 0.333. The topological polar surface area (TPSA) is 20.2 Å². The molecule has 0 saturated heterocycles. The van der Waals surface area contributed by atoms with Gasteiger partial charge in [0.1, 0.15) is 5.82 Å². The van der Waals surface area contributed by atoms with Gasteiger partial charge in [-0.1, -0.05) is 15.9 Å². The third kappa shape index (κ3) is 2.54. The minimum Gasteiger partial charge on any atom is -0.378 e. The standard InChI is InChI=1S/C9H7Br2F3O/c1-8(15,9(11,13)14)6-4-5(10)2-3-7(6)12/h2-4,15H,1H3. The van der Waals surface area contributed by atoms with Gasteiger partial charge in [0.05, 0.1) is 0 Å². The van der Waals surface area contributed by atoms with Crippen LogP contribution in [0.3, 0.4) is 0 Å². The Kier molecular flexibility index (Phi) is 3.52. The summed E-state index contributed by atoms with van der Waals surface area (Å²) >= 11 is 5.05. The minimum absolute atomic E-state index is 0.413. The van der Waals surface area contributed by atoms with Crippen molar-refractivity contribution in [1.82, 2.24) is 0 Å². The Bertz CT molecular complexity index is 374. The number of halogens is 5. The average molecular weight is 348 g/mol. The van der Waals surface area contributed by atoms with E-state index < -0.39 is 21.8 Å². The Balaban J connectivity index is 3.32. The van der Waals surface area contributed by atoms with Gasteiger partial charge in [-0.2, -0.15) is 8.78 Å². The average Bonchev–Trinajstić information content (AvgIpc) is 2.07. The zero-order valence-corrected chi connectivity index (χ0v) is 10.7. The van der Waals surface area contributed by atoms with E-state index in [0.29, 0.717) is 4.47 Å². The lowest BCUT2D eigenvalue weighted by molar-refractivity contribution is -0.111. The smallest absolute Gasteiger partial charge is 0.333 e. The van der Waals surface area contributed by atoms with Gasteiger partial charge < -0.3 is 5.11 Å². The van der Waals surface area contributed by atoms with Crippen LogP contribution < -0.4 is 0 Å². The Morgan fingerprint density at radius 1 is 1.33 bits per heavy atom. The van der Waals surface area contributed by atoms with Crippen molar-refractivity contribution in [2.24, 2.45) is 0 Å². The van der Waals surface area contributed by atoms with Crippen molar-refractivity contribution >= 4 is 31.9 Å². The van der Waals surface area contributed by atoms with Gasteiger partial charge in [-0.3, -0.25) is 0 Å². The van der Waals surface area contributed by atoms with Crippen molar-refractivity contribution in [3.05, 3.63) is 34.1 Å². The molecule has 0 bridgehead atoms. The number of hydrogen-bond acceptors (Lipinski definition) is 1. The van der Waals surface area contributed by atoms with Gasteiger partial charge in [-0.15, -0.1) is 0 Å². The lowest BCUT2D eigenvalue weighted by Gasteiger charge is -2.29. The first-order valence-electron chi connectivity index (χ1n) is 3.91. The van der Waals surface area contributed by atoms with Crippen LogP contribution in [0.4, 0.5) is 13.2 Å². The molecule has 1 atom stereocenters. The number of aliphatic hydroxyl groups is 1. The van der Waals surface area contributed by atoms with E-state index >= 15 is 0 Å². The molecule has 84 valence electrons. The normalized spacial score (nSPS) is 16.2. The maximum Gasteiger partial charge on any atom is 0.333 e. The minimum atomic E-state index is -3.61. The van der Waals surface area contributed by atoms with Gasteiger partial charge in [-0.25, -0.2) is 4.39 Å².